The summed E-state index contributed by atoms with van der Waals surface area (Å²) in [7, 11) is 1.59. The number of piperazine rings is 1. The lowest BCUT2D eigenvalue weighted by atomic mass is 10.1. The van der Waals surface area contributed by atoms with E-state index in [1.54, 1.807) is 27.8 Å². The molecular formula is C12H20N2O5. The number of ether oxygens (including phenoxy) is 1. The van der Waals surface area contributed by atoms with Gasteiger partial charge in [0.05, 0.1) is 6.42 Å². The summed E-state index contributed by atoms with van der Waals surface area (Å²) < 4.78 is 5.20. The van der Waals surface area contributed by atoms with Crippen LogP contribution in [-0.2, 0) is 14.3 Å². The minimum absolute atomic E-state index is 0.273. The van der Waals surface area contributed by atoms with Crippen molar-refractivity contribution in [3.05, 3.63) is 0 Å². The molecule has 0 aromatic heterocycles. The minimum Gasteiger partial charge on any atom is -0.481 e. The van der Waals surface area contributed by atoms with Crippen molar-refractivity contribution >= 4 is 18.0 Å². The average molecular weight is 272 g/mol. The highest BCUT2D eigenvalue weighted by molar-refractivity contribution is 5.90. The maximum atomic E-state index is 12.0. The molecule has 0 spiro atoms. The van der Waals surface area contributed by atoms with Gasteiger partial charge in [0.15, 0.2) is 0 Å². The first-order valence-electron chi connectivity index (χ1n) is 6.08. The van der Waals surface area contributed by atoms with Crippen LogP contribution in [0.4, 0.5) is 4.79 Å². The SMILES string of the molecule is CN1CCN(C(=O)OC(C)(C)C)C(CC(=O)O)C1=O. The zero-order valence-corrected chi connectivity index (χ0v) is 11.7. The second kappa shape index (κ2) is 5.46. The van der Waals surface area contributed by atoms with Crippen molar-refractivity contribution in [3.63, 3.8) is 0 Å². The third-order valence-electron chi connectivity index (χ3n) is 2.71. The normalized spacial score (nSPS) is 20.4. The number of carbonyl (C=O) groups excluding carboxylic acids is 2. The molecule has 1 heterocycles. The fourth-order valence-corrected chi connectivity index (χ4v) is 1.81. The number of amides is 2. The van der Waals surface area contributed by atoms with Gasteiger partial charge in [-0.2, -0.15) is 0 Å². The Hall–Kier alpha value is -1.79. The van der Waals surface area contributed by atoms with Gasteiger partial charge >= 0.3 is 12.1 Å². The van der Waals surface area contributed by atoms with E-state index in [1.807, 2.05) is 0 Å². The van der Waals surface area contributed by atoms with E-state index in [4.69, 9.17) is 9.84 Å². The van der Waals surface area contributed by atoms with Gasteiger partial charge in [-0.1, -0.05) is 0 Å². The number of carboxylic acids is 1. The van der Waals surface area contributed by atoms with Crippen molar-refractivity contribution < 1.29 is 24.2 Å². The van der Waals surface area contributed by atoms with Crippen LogP contribution in [0.15, 0.2) is 0 Å². The van der Waals surface area contributed by atoms with Gasteiger partial charge in [0.1, 0.15) is 11.6 Å². The highest BCUT2D eigenvalue weighted by atomic mass is 16.6. The van der Waals surface area contributed by atoms with Crippen molar-refractivity contribution in [3.8, 4) is 0 Å². The van der Waals surface area contributed by atoms with Gasteiger partial charge in [-0.3, -0.25) is 14.5 Å². The number of likely N-dealkylation sites (N-methyl/N-ethyl adjacent to an activating group) is 1. The molecule has 1 aliphatic heterocycles. The number of carboxylic acid groups (broad SMARTS) is 1. The van der Waals surface area contributed by atoms with Gasteiger partial charge in [0.2, 0.25) is 5.91 Å². The van der Waals surface area contributed by atoms with Gasteiger partial charge in [0.25, 0.3) is 0 Å². The number of hydrogen-bond donors (Lipinski definition) is 1. The van der Waals surface area contributed by atoms with Crippen molar-refractivity contribution in [1.82, 2.24) is 9.80 Å². The smallest absolute Gasteiger partial charge is 0.411 e. The molecule has 1 aliphatic rings. The van der Waals surface area contributed by atoms with Crippen LogP contribution in [0.2, 0.25) is 0 Å². The quantitative estimate of drug-likeness (QED) is 0.792. The second-order valence-electron chi connectivity index (χ2n) is 5.55. The van der Waals surface area contributed by atoms with Crippen LogP contribution in [0.25, 0.3) is 0 Å². The van der Waals surface area contributed by atoms with Crippen LogP contribution in [0.1, 0.15) is 27.2 Å². The first-order valence-corrected chi connectivity index (χ1v) is 6.08. The molecule has 108 valence electrons. The molecule has 1 fully saturated rings. The highest BCUT2D eigenvalue weighted by Crippen LogP contribution is 2.18. The summed E-state index contributed by atoms with van der Waals surface area (Å²) in [6.07, 6.45) is -1.07. The minimum atomic E-state index is -1.12. The molecule has 0 radical (unpaired) electrons. The van der Waals surface area contributed by atoms with Gasteiger partial charge in [-0.05, 0) is 20.8 Å². The first kappa shape index (κ1) is 15.3. The number of aliphatic carboxylic acids is 1. The highest BCUT2D eigenvalue weighted by Gasteiger charge is 2.39. The average Bonchev–Trinajstić information content (AvgIpc) is 2.21. The number of hydrogen-bond acceptors (Lipinski definition) is 4. The monoisotopic (exact) mass is 272 g/mol. The van der Waals surface area contributed by atoms with Gasteiger partial charge in [-0.25, -0.2) is 4.79 Å². The largest absolute Gasteiger partial charge is 0.481 e. The van der Waals surface area contributed by atoms with Gasteiger partial charge < -0.3 is 14.7 Å². The molecule has 0 saturated carbocycles. The Kier molecular flexibility index (Phi) is 4.39. The lowest BCUT2D eigenvalue weighted by Gasteiger charge is -2.38. The Labute approximate surface area is 112 Å². The van der Waals surface area contributed by atoms with Gasteiger partial charge in [-0.15, -0.1) is 0 Å². The molecular weight excluding hydrogens is 252 g/mol. The molecule has 0 aliphatic carbocycles. The zero-order valence-electron chi connectivity index (χ0n) is 11.7. The summed E-state index contributed by atoms with van der Waals surface area (Å²) in [5.41, 5.74) is -0.683. The predicted octanol–water partition coefficient (Wildman–Crippen LogP) is 0.539. The molecule has 1 unspecified atom stereocenters. The van der Waals surface area contributed by atoms with Crippen LogP contribution in [0.3, 0.4) is 0 Å². The Morgan fingerprint density at radius 3 is 2.42 bits per heavy atom. The summed E-state index contributed by atoms with van der Waals surface area (Å²) in [6.45, 7) is 5.79. The number of rotatable bonds is 2. The number of nitrogens with zero attached hydrogens (tertiary/aromatic N) is 2. The third-order valence-corrected chi connectivity index (χ3v) is 2.71. The Morgan fingerprint density at radius 1 is 1.37 bits per heavy atom. The molecule has 7 heteroatoms. The maximum Gasteiger partial charge on any atom is 0.411 e. The van der Waals surface area contributed by atoms with Crippen LogP contribution in [0.5, 0.6) is 0 Å². The van der Waals surface area contributed by atoms with E-state index in [0.717, 1.165) is 0 Å². The topological polar surface area (TPSA) is 87.2 Å². The molecule has 2 amide bonds. The van der Waals surface area contributed by atoms with E-state index >= 15 is 0 Å². The Morgan fingerprint density at radius 2 is 1.95 bits per heavy atom. The van der Waals surface area contributed by atoms with Crippen molar-refractivity contribution in [2.45, 2.75) is 38.8 Å². The van der Waals surface area contributed by atoms with E-state index in [2.05, 4.69) is 0 Å². The molecule has 0 aromatic rings. The van der Waals surface area contributed by atoms with Crippen molar-refractivity contribution in [2.24, 2.45) is 0 Å². The zero-order chi connectivity index (χ0) is 14.8. The molecule has 0 bridgehead atoms. The van der Waals surface area contributed by atoms with Crippen LogP contribution < -0.4 is 0 Å². The lowest BCUT2D eigenvalue weighted by molar-refractivity contribution is -0.147. The standard InChI is InChI=1S/C12H20N2O5/c1-12(2,3)19-11(18)14-6-5-13(4)10(17)8(14)7-9(15)16/h8H,5-7H2,1-4H3,(H,15,16). The Balaban J connectivity index is 2.86. The van der Waals surface area contributed by atoms with Crippen LogP contribution in [0, 0.1) is 0 Å². The fourth-order valence-electron chi connectivity index (χ4n) is 1.81. The maximum absolute atomic E-state index is 12.0. The number of carbonyl (C=O) groups is 3. The van der Waals surface area contributed by atoms with Crippen molar-refractivity contribution in [2.75, 3.05) is 20.1 Å². The molecule has 1 atom stereocenters. The van der Waals surface area contributed by atoms with E-state index in [9.17, 15) is 14.4 Å². The summed E-state index contributed by atoms with van der Waals surface area (Å²) in [4.78, 5) is 37.4. The fraction of sp³-hybridized carbons (Fsp3) is 0.750. The second-order valence-corrected chi connectivity index (χ2v) is 5.55. The molecule has 19 heavy (non-hydrogen) atoms. The van der Waals surface area contributed by atoms with E-state index in [1.165, 1.54) is 9.80 Å². The predicted molar refractivity (Wildman–Crippen MR) is 66.6 cm³/mol. The molecule has 1 saturated heterocycles. The summed E-state index contributed by atoms with van der Waals surface area (Å²) in [5, 5.41) is 8.85. The van der Waals surface area contributed by atoms with Crippen LogP contribution >= 0.6 is 0 Å². The van der Waals surface area contributed by atoms with E-state index in [0.29, 0.717) is 6.54 Å². The van der Waals surface area contributed by atoms with E-state index in [-0.39, 0.29) is 12.5 Å². The molecule has 1 rings (SSSR count). The van der Waals surface area contributed by atoms with Gasteiger partial charge in [0, 0.05) is 20.1 Å². The summed E-state index contributed by atoms with van der Waals surface area (Å²) >= 11 is 0. The summed E-state index contributed by atoms with van der Waals surface area (Å²) in [6, 6.07) is -0.994. The first-order chi connectivity index (χ1) is 8.61. The molecule has 7 nitrogen and oxygen atoms in total. The Bertz CT molecular complexity index is 388. The van der Waals surface area contributed by atoms with Crippen LogP contribution in [-0.4, -0.2) is 64.7 Å². The molecule has 1 N–H and O–H groups in total. The molecule has 0 aromatic carbocycles. The van der Waals surface area contributed by atoms with Crippen molar-refractivity contribution in [1.29, 1.82) is 0 Å². The lowest BCUT2D eigenvalue weighted by Crippen LogP contribution is -2.58. The summed E-state index contributed by atoms with van der Waals surface area (Å²) in [5.74, 6) is -1.50. The third kappa shape index (κ3) is 4.11. The van der Waals surface area contributed by atoms with E-state index < -0.39 is 30.1 Å².